The van der Waals surface area contributed by atoms with Gasteiger partial charge in [-0.1, -0.05) is 11.2 Å². The van der Waals surface area contributed by atoms with Crippen LogP contribution in [0.25, 0.3) is 0 Å². The van der Waals surface area contributed by atoms with Crippen LogP contribution in [0.1, 0.15) is 23.7 Å². The molecular formula is C17H19F2N3O2. The van der Waals surface area contributed by atoms with Crippen molar-refractivity contribution >= 4 is 0 Å². The van der Waals surface area contributed by atoms with E-state index in [2.05, 4.69) is 15.0 Å². The lowest BCUT2D eigenvalue weighted by Crippen LogP contribution is -2.25. The molecule has 0 radical (unpaired) electrons. The maximum atomic E-state index is 13.3. The van der Waals surface area contributed by atoms with Crippen molar-refractivity contribution in [3.63, 3.8) is 0 Å². The predicted octanol–water partition coefficient (Wildman–Crippen LogP) is 2.49. The van der Waals surface area contributed by atoms with Gasteiger partial charge < -0.3 is 9.26 Å². The van der Waals surface area contributed by atoms with Gasteiger partial charge in [0.05, 0.1) is 18.6 Å². The van der Waals surface area contributed by atoms with Gasteiger partial charge in [0.1, 0.15) is 0 Å². The van der Waals surface area contributed by atoms with E-state index >= 15 is 0 Å². The summed E-state index contributed by atoms with van der Waals surface area (Å²) < 4.78 is 37.6. The molecule has 4 rings (SSSR count). The number of hydrogen-bond donors (Lipinski definition) is 0. The van der Waals surface area contributed by atoms with E-state index in [-0.39, 0.29) is 12.2 Å². The Kier molecular flexibility index (Phi) is 4.05. The van der Waals surface area contributed by atoms with Crippen molar-refractivity contribution in [2.45, 2.75) is 38.5 Å². The molecule has 2 aliphatic heterocycles. The molecule has 3 atom stereocenters. The Labute approximate surface area is 138 Å². The third-order valence-electron chi connectivity index (χ3n) is 4.75. The van der Waals surface area contributed by atoms with Crippen molar-refractivity contribution in [1.29, 1.82) is 0 Å². The number of likely N-dealkylation sites (tertiary alicyclic amines) is 1. The molecule has 7 heteroatoms. The van der Waals surface area contributed by atoms with Gasteiger partial charge in [-0.2, -0.15) is 4.98 Å². The Morgan fingerprint density at radius 3 is 2.83 bits per heavy atom. The van der Waals surface area contributed by atoms with Crippen molar-refractivity contribution in [2.75, 3.05) is 13.1 Å². The maximum Gasteiger partial charge on any atom is 0.229 e. The molecule has 2 fully saturated rings. The predicted molar refractivity (Wildman–Crippen MR) is 81.1 cm³/mol. The summed E-state index contributed by atoms with van der Waals surface area (Å²) in [5, 5.41) is 3.80. The van der Waals surface area contributed by atoms with Crippen molar-refractivity contribution in [3.05, 3.63) is 47.1 Å². The van der Waals surface area contributed by atoms with Crippen LogP contribution in [0.15, 0.2) is 22.7 Å². The first-order valence-corrected chi connectivity index (χ1v) is 8.18. The van der Waals surface area contributed by atoms with Crippen LogP contribution in [-0.4, -0.2) is 40.3 Å². The minimum atomic E-state index is -0.806. The molecule has 1 aromatic carbocycles. The van der Waals surface area contributed by atoms with Crippen LogP contribution >= 0.6 is 0 Å². The minimum Gasteiger partial charge on any atom is -0.373 e. The van der Waals surface area contributed by atoms with Gasteiger partial charge in [0, 0.05) is 25.6 Å². The normalized spacial score (nSPS) is 26.9. The van der Waals surface area contributed by atoms with E-state index in [1.54, 1.807) is 13.0 Å². The standard InChI is InChI=1S/C17H19F2N3O2/c1-10-20-17(24-21-10)6-13-5-12-8-22(9-16(12)23-13)7-11-2-3-14(18)15(19)4-11/h2-4,12-13,16H,5-9H2,1H3/t12-,13-,16+/m0/s1. The average molecular weight is 335 g/mol. The Balaban J connectivity index is 1.31. The summed E-state index contributed by atoms with van der Waals surface area (Å²) in [6, 6.07) is 4.08. The Morgan fingerprint density at radius 1 is 1.25 bits per heavy atom. The fourth-order valence-corrected chi connectivity index (χ4v) is 3.72. The van der Waals surface area contributed by atoms with E-state index in [1.807, 2.05) is 0 Å². The second-order valence-corrected chi connectivity index (χ2v) is 6.67. The van der Waals surface area contributed by atoms with Gasteiger partial charge in [0.25, 0.3) is 0 Å². The van der Waals surface area contributed by atoms with E-state index in [4.69, 9.17) is 9.26 Å². The van der Waals surface area contributed by atoms with E-state index in [0.717, 1.165) is 25.1 Å². The second-order valence-electron chi connectivity index (χ2n) is 6.67. The average Bonchev–Trinajstić information content (AvgIpc) is 3.18. The molecule has 1 aromatic heterocycles. The molecule has 0 unspecified atom stereocenters. The third kappa shape index (κ3) is 3.18. The Morgan fingerprint density at radius 2 is 2.12 bits per heavy atom. The van der Waals surface area contributed by atoms with Crippen LogP contribution in [0.5, 0.6) is 0 Å². The number of fused-ring (bicyclic) bond motifs is 1. The number of hydrogen-bond acceptors (Lipinski definition) is 5. The number of ether oxygens (including phenoxy) is 1. The number of aryl methyl sites for hydroxylation is 1. The number of benzene rings is 1. The molecule has 128 valence electrons. The van der Waals surface area contributed by atoms with Crippen molar-refractivity contribution < 1.29 is 18.0 Å². The van der Waals surface area contributed by atoms with Crippen molar-refractivity contribution in [2.24, 2.45) is 5.92 Å². The quantitative estimate of drug-likeness (QED) is 0.859. The monoisotopic (exact) mass is 335 g/mol. The molecule has 3 heterocycles. The highest BCUT2D eigenvalue weighted by Crippen LogP contribution is 2.34. The lowest BCUT2D eigenvalue weighted by molar-refractivity contribution is 0.0343. The summed E-state index contributed by atoms with van der Waals surface area (Å²) in [5.74, 6) is 0.124. The van der Waals surface area contributed by atoms with Gasteiger partial charge in [-0.25, -0.2) is 8.78 Å². The van der Waals surface area contributed by atoms with E-state index < -0.39 is 11.6 Å². The number of halogens is 2. The molecule has 5 nitrogen and oxygen atoms in total. The topological polar surface area (TPSA) is 51.4 Å². The first-order chi connectivity index (χ1) is 11.6. The highest BCUT2D eigenvalue weighted by atomic mass is 19.2. The van der Waals surface area contributed by atoms with E-state index in [1.165, 1.54) is 12.1 Å². The third-order valence-corrected chi connectivity index (χ3v) is 4.75. The van der Waals surface area contributed by atoms with Crippen LogP contribution < -0.4 is 0 Å². The lowest BCUT2D eigenvalue weighted by Gasteiger charge is -2.18. The molecule has 0 bridgehead atoms. The molecule has 0 saturated carbocycles. The Hall–Kier alpha value is -1.86. The molecule has 2 saturated heterocycles. The molecule has 0 aliphatic carbocycles. The van der Waals surface area contributed by atoms with Crippen LogP contribution in [0.2, 0.25) is 0 Å². The SMILES string of the molecule is Cc1noc(C[C@@H]2C[C@H]3CN(Cc4ccc(F)c(F)c4)C[C@H]3O2)n1. The van der Waals surface area contributed by atoms with Crippen LogP contribution in [0.3, 0.4) is 0 Å². The summed E-state index contributed by atoms with van der Waals surface area (Å²) >= 11 is 0. The molecular weight excluding hydrogens is 316 g/mol. The van der Waals surface area contributed by atoms with Gasteiger partial charge in [-0.15, -0.1) is 0 Å². The largest absolute Gasteiger partial charge is 0.373 e. The molecule has 0 spiro atoms. The molecule has 2 aliphatic rings. The van der Waals surface area contributed by atoms with E-state index in [9.17, 15) is 8.78 Å². The first kappa shape index (κ1) is 15.7. The number of nitrogens with zero attached hydrogens (tertiary/aromatic N) is 3. The van der Waals surface area contributed by atoms with Gasteiger partial charge in [0.15, 0.2) is 17.5 Å². The molecule has 2 aromatic rings. The van der Waals surface area contributed by atoms with Crippen molar-refractivity contribution in [1.82, 2.24) is 15.0 Å². The van der Waals surface area contributed by atoms with Gasteiger partial charge in [-0.3, -0.25) is 4.90 Å². The van der Waals surface area contributed by atoms with Crippen LogP contribution in [-0.2, 0) is 17.7 Å². The van der Waals surface area contributed by atoms with Crippen LogP contribution in [0, 0.1) is 24.5 Å². The van der Waals surface area contributed by atoms with Gasteiger partial charge in [-0.05, 0) is 31.0 Å². The fraction of sp³-hybridized carbons (Fsp3) is 0.529. The first-order valence-electron chi connectivity index (χ1n) is 8.18. The summed E-state index contributed by atoms with van der Waals surface area (Å²) in [6.07, 6.45) is 1.91. The highest BCUT2D eigenvalue weighted by molar-refractivity contribution is 5.18. The fourth-order valence-electron chi connectivity index (χ4n) is 3.72. The molecule has 0 N–H and O–H groups in total. The summed E-state index contributed by atoms with van der Waals surface area (Å²) in [4.78, 5) is 6.45. The van der Waals surface area contributed by atoms with E-state index in [0.29, 0.717) is 30.6 Å². The summed E-state index contributed by atoms with van der Waals surface area (Å²) in [6.45, 7) is 4.13. The van der Waals surface area contributed by atoms with Gasteiger partial charge in [0.2, 0.25) is 5.89 Å². The molecule has 24 heavy (non-hydrogen) atoms. The minimum absolute atomic E-state index is 0.116. The summed E-state index contributed by atoms with van der Waals surface area (Å²) in [7, 11) is 0. The van der Waals surface area contributed by atoms with Gasteiger partial charge >= 0.3 is 0 Å². The van der Waals surface area contributed by atoms with Crippen molar-refractivity contribution in [3.8, 4) is 0 Å². The van der Waals surface area contributed by atoms with Crippen LogP contribution in [0.4, 0.5) is 8.78 Å². The Bertz CT molecular complexity index is 722. The zero-order valence-corrected chi connectivity index (χ0v) is 13.4. The maximum absolute atomic E-state index is 13.3. The second kappa shape index (κ2) is 6.22. The summed E-state index contributed by atoms with van der Waals surface area (Å²) in [5.41, 5.74) is 0.784. The molecule has 0 amide bonds. The zero-order chi connectivity index (χ0) is 16.7. The smallest absolute Gasteiger partial charge is 0.229 e. The zero-order valence-electron chi connectivity index (χ0n) is 13.4. The number of aromatic nitrogens is 2. The highest BCUT2D eigenvalue weighted by Gasteiger charge is 2.42. The lowest BCUT2D eigenvalue weighted by atomic mass is 10.0. The number of rotatable bonds is 4.